The average Bonchev–Trinajstić information content (AvgIpc) is 3.01. The first kappa shape index (κ1) is 24.9. The Labute approximate surface area is 210 Å². The van der Waals surface area contributed by atoms with Crippen LogP contribution in [0.15, 0.2) is 60.7 Å². The van der Waals surface area contributed by atoms with Crippen LogP contribution < -0.4 is 10.2 Å². The van der Waals surface area contributed by atoms with Gasteiger partial charge in [-0.2, -0.15) is 0 Å². The molecule has 1 aliphatic heterocycles. The van der Waals surface area contributed by atoms with Crippen molar-refractivity contribution in [2.45, 2.75) is 32.5 Å². The third-order valence-corrected chi connectivity index (χ3v) is 6.79. The maximum absolute atomic E-state index is 13.7. The predicted molar refractivity (Wildman–Crippen MR) is 138 cm³/mol. The summed E-state index contributed by atoms with van der Waals surface area (Å²) in [4.78, 5) is 28.2. The van der Waals surface area contributed by atoms with Gasteiger partial charge in [-0.25, -0.2) is 0 Å². The zero-order valence-corrected chi connectivity index (χ0v) is 21.1. The van der Waals surface area contributed by atoms with Gasteiger partial charge >= 0.3 is 0 Å². The van der Waals surface area contributed by atoms with E-state index in [2.05, 4.69) is 5.32 Å². The third kappa shape index (κ3) is 4.82. The molecule has 6 nitrogen and oxygen atoms in total. The maximum Gasteiger partial charge on any atom is 0.258 e. The van der Waals surface area contributed by atoms with Gasteiger partial charge < -0.3 is 19.7 Å². The van der Waals surface area contributed by atoms with Crippen LogP contribution in [0.2, 0.25) is 5.02 Å². The van der Waals surface area contributed by atoms with Gasteiger partial charge in [0.25, 0.3) is 11.8 Å². The van der Waals surface area contributed by atoms with E-state index in [-0.39, 0.29) is 11.8 Å². The van der Waals surface area contributed by atoms with Crippen molar-refractivity contribution in [1.82, 2.24) is 0 Å². The van der Waals surface area contributed by atoms with E-state index in [1.54, 1.807) is 49.5 Å². The molecule has 3 aromatic carbocycles. The lowest BCUT2D eigenvalue weighted by Gasteiger charge is -2.32. The predicted octanol–water partition coefficient (Wildman–Crippen LogP) is 6.10. The average molecular weight is 493 g/mol. The zero-order valence-electron chi connectivity index (χ0n) is 20.4. The first-order valence-electron chi connectivity index (χ1n) is 11.5. The molecule has 1 heterocycles. The number of hydrogen-bond acceptors (Lipinski definition) is 4. The Hall–Kier alpha value is -3.19. The fraction of sp³-hybridized carbons (Fsp3) is 0.286. The van der Waals surface area contributed by atoms with Crippen LogP contribution in [0.5, 0.6) is 0 Å². The second-order valence-corrected chi connectivity index (χ2v) is 9.12. The molecule has 0 aliphatic carbocycles. The molecule has 7 heteroatoms. The van der Waals surface area contributed by atoms with Crippen LogP contribution in [0, 0.1) is 13.8 Å². The molecule has 0 saturated heterocycles. The van der Waals surface area contributed by atoms with E-state index in [9.17, 15) is 9.59 Å². The first-order chi connectivity index (χ1) is 16.8. The Bertz CT molecular complexity index is 1270. The topological polar surface area (TPSA) is 67.9 Å². The van der Waals surface area contributed by atoms with Crippen molar-refractivity contribution in [3.8, 4) is 0 Å². The summed E-state index contributed by atoms with van der Waals surface area (Å²) in [5, 5.41) is 3.47. The van der Waals surface area contributed by atoms with E-state index in [0.29, 0.717) is 46.9 Å². The number of rotatable bonds is 5. The van der Waals surface area contributed by atoms with Gasteiger partial charge in [-0.3, -0.25) is 9.59 Å². The molecule has 4 rings (SSSR count). The van der Waals surface area contributed by atoms with E-state index in [4.69, 9.17) is 21.1 Å². The number of nitrogens with one attached hydrogen (secondary N) is 1. The highest BCUT2D eigenvalue weighted by Gasteiger charge is 2.39. The molecular weight excluding hydrogens is 464 g/mol. The molecule has 0 saturated carbocycles. The molecule has 2 amide bonds. The lowest BCUT2D eigenvalue weighted by Crippen LogP contribution is -2.33. The number of amides is 2. The Morgan fingerprint density at radius 2 is 1.69 bits per heavy atom. The van der Waals surface area contributed by atoms with Gasteiger partial charge in [0, 0.05) is 54.6 Å². The minimum Gasteiger partial charge on any atom is -0.349 e. The monoisotopic (exact) mass is 492 g/mol. The highest BCUT2D eigenvalue weighted by atomic mass is 35.5. The van der Waals surface area contributed by atoms with E-state index in [1.165, 1.54) is 0 Å². The van der Waals surface area contributed by atoms with Gasteiger partial charge in [-0.05, 0) is 73.9 Å². The second-order valence-electron chi connectivity index (χ2n) is 8.68. The van der Waals surface area contributed by atoms with Gasteiger partial charge in [0.2, 0.25) is 0 Å². The quantitative estimate of drug-likeness (QED) is 0.437. The zero-order chi connectivity index (χ0) is 25.2. The third-order valence-electron chi connectivity index (χ3n) is 6.56. The normalized spacial score (nSPS) is 14.7. The van der Waals surface area contributed by atoms with Gasteiger partial charge in [0.05, 0.1) is 5.69 Å². The Morgan fingerprint density at radius 3 is 2.37 bits per heavy atom. The minimum absolute atomic E-state index is 0.133. The highest BCUT2D eigenvalue weighted by Crippen LogP contribution is 2.42. The number of nitrogens with zero attached hydrogens (tertiary/aromatic N) is 1. The number of anilines is 2. The van der Waals surface area contributed by atoms with Crippen molar-refractivity contribution in [3.63, 3.8) is 0 Å². The summed E-state index contributed by atoms with van der Waals surface area (Å²) in [6, 6.07) is 18.1. The molecule has 0 aromatic heterocycles. The molecular formula is C28H29ClN2O4. The Balaban J connectivity index is 1.64. The number of hydrogen-bond donors (Lipinski definition) is 1. The van der Waals surface area contributed by atoms with Crippen molar-refractivity contribution in [1.29, 1.82) is 0 Å². The molecule has 1 aliphatic rings. The van der Waals surface area contributed by atoms with Crippen molar-refractivity contribution in [2.24, 2.45) is 0 Å². The van der Waals surface area contributed by atoms with Gasteiger partial charge in [-0.15, -0.1) is 0 Å². The van der Waals surface area contributed by atoms with Gasteiger partial charge in [-0.1, -0.05) is 29.8 Å². The molecule has 0 atom stereocenters. The summed E-state index contributed by atoms with van der Waals surface area (Å²) in [5.41, 5.74) is 4.90. The number of methoxy groups -OCH3 is 2. The fourth-order valence-electron chi connectivity index (χ4n) is 4.64. The minimum atomic E-state index is -0.978. The van der Waals surface area contributed by atoms with Crippen LogP contribution in [0.1, 0.15) is 50.2 Å². The second kappa shape index (κ2) is 10.2. The van der Waals surface area contributed by atoms with E-state index >= 15 is 0 Å². The highest BCUT2D eigenvalue weighted by molar-refractivity contribution is 6.30. The lowest BCUT2D eigenvalue weighted by atomic mass is 9.99. The smallest absolute Gasteiger partial charge is 0.258 e. The summed E-state index contributed by atoms with van der Waals surface area (Å²) in [7, 11) is 3.19. The summed E-state index contributed by atoms with van der Waals surface area (Å²) in [6.07, 6.45) is 1.27. The van der Waals surface area contributed by atoms with Crippen molar-refractivity contribution in [2.75, 3.05) is 31.0 Å². The van der Waals surface area contributed by atoms with Crippen LogP contribution in [0.25, 0.3) is 0 Å². The number of aryl methyl sites for hydroxylation is 2. The summed E-state index contributed by atoms with van der Waals surface area (Å²) < 4.78 is 11.6. The number of carbonyl (C=O) groups excluding carboxylic acids is 2. The van der Waals surface area contributed by atoms with Crippen molar-refractivity contribution >= 4 is 34.8 Å². The SMILES string of the molecule is COC1(OC)CCCN(C(=O)c2ccc(NC(=O)c3ccccc3C)cc2C)c2ccc(Cl)cc21. The number of halogens is 1. The maximum atomic E-state index is 13.7. The standard InChI is InChI=1S/C28H29ClN2O4/c1-18-8-5-6-9-22(18)26(32)30-21-11-12-23(19(2)16-21)27(33)31-15-7-14-28(34-3,35-4)24-17-20(29)10-13-25(24)31/h5-6,8-13,16-17H,7,14-15H2,1-4H3,(H,30,32). The molecule has 0 fully saturated rings. The fourth-order valence-corrected chi connectivity index (χ4v) is 4.82. The van der Waals surface area contributed by atoms with Crippen LogP contribution in [0.3, 0.4) is 0 Å². The van der Waals surface area contributed by atoms with E-state index < -0.39 is 5.79 Å². The molecule has 0 radical (unpaired) electrons. The molecule has 0 unspecified atom stereocenters. The van der Waals surface area contributed by atoms with Crippen LogP contribution in [0.4, 0.5) is 11.4 Å². The number of fused-ring (bicyclic) bond motifs is 1. The molecule has 1 N–H and O–H groups in total. The lowest BCUT2D eigenvalue weighted by molar-refractivity contribution is -0.219. The molecule has 182 valence electrons. The number of carbonyl (C=O) groups is 2. The van der Waals surface area contributed by atoms with Crippen LogP contribution >= 0.6 is 11.6 Å². The number of ether oxygens (including phenoxy) is 2. The van der Waals surface area contributed by atoms with Crippen molar-refractivity contribution < 1.29 is 19.1 Å². The largest absolute Gasteiger partial charge is 0.349 e. The van der Waals surface area contributed by atoms with E-state index in [1.807, 2.05) is 44.2 Å². The summed E-state index contributed by atoms with van der Waals surface area (Å²) in [6.45, 7) is 4.27. The van der Waals surface area contributed by atoms with E-state index in [0.717, 1.165) is 16.7 Å². The molecule has 3 aromatic rings. The molecule has 0 bridgehead atoms. The number of benzene rings is 3. The van der Waals surface area contributed by atoms with Crippen LogP contribution in [-0.2, 0) is 15.3 Å². The Morgan fingerprint density at radius 1 is 0.943 bits per heavy atom. The van der Waals surface area contributed by atoms with Gasteiger partial charge in [0.15, 0.2) is 5.79 Å². The van der Waals surface area contributed by atoms with Gasteiger partial charge in [0.1, 0.15) is 0 Å². The van der Waals surface area contributed by atoms with Crippen LogP contribution in [-0.4, -0.2) is 32.6 Å². The Kier molecular flexibility index (Phi) is 7.26. The first-order valence-corrected chi connectivity index (χ1v) is 11.9. The van der Waals surface area contributed by atoms with Crippen molar-refractivity contribution in [3.05, 3.63) is 93.5 Å². The summed E-state index contributed by atoms with van der Waals surface area (Å²) >= 11 is 6.30. The molecule has 0 spiro atoms. The summed E-state index contributed by atoms with van der Waals surface area (Å²) in [5.74, 6) is -1.30. The molecule has 35 heavy (non-hydrogen) atoms.